The first-order valence-corrected chi connectivity index (χ1v) is 28.0. The lowest BCUT2D eigenvalue weighted by atomic mass is 9.78. The average molecular weight is 1080 g/mol. The van der Waals surface area contributed by atoms with Crippen LogP contribution in [0.15, 0.2) is 128 Å². The average Bonchev–Trinajstić information content (AvgIpc) is 3.92. The second-order valence-corrected chi connectivity index (χ2v) is 23.8. The topological polar surface area (TPSA) is 253 Å². The molecule has 0 radical (unpaired) electrons. The number of sulfone groups is 1. The summed E-state index contributed by atoms with van der Waals surface area (Å²) in [4.78, 5) is 92.5. The summed E-state index contributed by atoms with van der Waals surface area (Å²) < 4.78 is 63.9. The first-order valence-electron chi connectivity index (χ1n) is 24.4. The number of ether oxygens (including phenoxy) is 1. The summed E-state index contributed by atoms with van der Waals surface area (Å²) in [6.07, 6.45) is 17.6. The van der Waals surface area contributed by atoms with Crippen molar-refractivity contribution in [2.45, 2.75) is 78.8 Å². The zero-order valence-electron chi connectivity index (χ0n) is 43.5. The molecule has 5 heterocycles. The zero-order chi connectivity index (χ0) is 54.8. The number of hydrogen-bond donors (Lipinski definition) is 2. The van der Waals surface area contributed by atoms with Gasteiger partial charge in [0, 0.05) is 74.3 Å². The number of allylic oxidation sites excluding steroid dienone is 7. The van der Waals surface area contributed by atoms with Crippen LogP contribution >= 0.6 is 0 Å². The second-order valence-electron chi connectivity index (χ2n) is 19.9. The van der Waals surface area contributed by atoms with Gasteiger partial charge in [-0.25, -0.2) is 33.3 Å². The van der Waals surface area contributed by atoms with Crippen LogP contribution in [0.3, 0.4) is 0 Å². The van der Waals surface area contributed by atoms with Crippen molar-refractivity contribution in [3.63, 3.8) is 0 Å². The maximum atomic E-state index is 13.5. The highest BCUT2D eigenvalue weighted by Gasteiger charge is 2.47. The third-order valence-corrected chi connectivity index (χ3v) is 15.7. The predicted octanol–water partition coefficient (Wildman–Crippen LogP) is 3.92. The summed E-state index contributed by atoms with van der Waals surface area (Å²) in [6, 6.07) is 6.08. The quantitative estimate of drug-likeness (QED) is 0.113. The number of carbonyl (C=O) groups is 5. The lowest BCUT2D eigenvalue weighted by Gasteiger charge is -2.31. The lowest BCUT2D eigenvalue weighted by Crippen LogP contribution is -3.12. The van der Waals surface area contributed by atoms with E-state index in [0.29, 0.717) is 70.8 Å². The molecule has 21 nitrogen and oxygen atoms in total. The minimum atomic E-state index is -4.26. The van der Waals surface area contributed by atoms with Gasteiger partial charge >= 0.3 is 5.97 Å². The Morgan fingerprint density at radius 2 is 1.51 bits per heavy atom. The van der Waals surface area contributed by atoms with E-state index in [2.05, 4.69) is 0 Å². The number of quaternary nitrogens is 1. The van der Waals surface area contributed by atoms with Crippen LogP contribution < -0.4 is 9.64 Å². The highest BCUT2D eigenvalue weighted by atomic mass is 32.2. The van der Waals surface area contributed by atoms with Gasteiger partial charge in [-0.1, -0.05) is 39.8 Å². The number of hydroxylamine groups is 6. The van der Waals surface area contributed by atoms with Crippen LogP contribution in [-0.4, -0.2) is 148 Å². The number of fused-ring (bicyclic) bond motifs is 2. The fourth-order valence-corrected chi connectivity index (χ4v) is 10.6. The molecule has 5 aliphatic heterocycles. The van der Waals surface area contributed by atoms with Crippen molar-refractivity contribution in [3.8, 4) is 5.75 Å². The van der Waals surface area contributed by atoms with E-state index >= 15 is 0 Å². The molecule has 4 amide bonds. The van der Waals surface area contributed by atoms with Gasteiger partial charge in [-0.2, -0.15) is 8.42 Å². The molecule has 7 rings (SSSR count). The Bertz CT molecular complexity index is 3090. The Morgan fingerprint density at radius 1 is 0.853 bits per heavy atom. The number of imide groups is 1. The Hall–Kier alpha value is -6.63. The van der Waals surface area contributed by atoms with E-state index in [9.17, 15) is 45.4 Å². The zero-order valence-corrected chi connectivity index (χ0v) is 45.2. The number of amidine groups is 1. The highest BCUT2D eigenvalue weighted by molar-refractivity contribution is 7.90. The first-order chi connectivity index (χ1) is 35.2. The van der Waals surface area contributed by atoms with Crippen molar-refractivity contribution < 1.29 is 69.5 Å². The van der Waals surface area contributed by atoms with Crippen molar-refractivity contribution in [1.29, 1.82) is 0 Å². The molecule has 402 valence electrons. The summed E-state index contributed by atoms with van der Waals surface area (Å²) in [6.45, 7) is 8.48. The molecule has 1 saturated heterocycles. The van der Waals surface area contributed by atoms with Gasteiger partial charge in [-0.3, -0.25) is 38.3 Å². The molecule has 75 heavy (non-hydrogen) atoms. The van der Waals surface area contributed by atoms with E-state index in [1.807, 2.05) is 58.1 Å². The molecular weight excluding hydrogens is 1010 g/mol. The first kappa shape index (κ1) is 56.1. The number of likely N-dealkylation sites (N-methyl/N-ethyl adjacent to an activating group) is 2. The van der Waals surface area contributed by atoms with Crippen LogP contribution in [-0.2, 0) is 53.6 Å². The molecular formula is C52H64N7O14S2+. The molecule has 2 atom stereocenters. The summed E-state index contributed by atoms with van der Waals surface area (Å²) in [5, 5.41) is 2.69. The number of benzene rings is 1. The molecule has 2 N–H and O–H groups in total. The van der Waals surface area contributed by atoms with Gasteiger partial charge in [-0.15, -0.1) is 5.06 Å². The van der Waals surface area contributed by atoms with Gasteiger partial charge < -0.3 is 14.5 Å². The summed E-state index contributed by atoms with van der Waals surface area (Å²) >= 11 is 0. The number of carbonyl (C=O) groups excluding carboxylic acids is 5. The fraction of sp³-hybridized carbons (Fsp3) is 0.442. The number of hydrogen-bond acceptors (Lipinski definition) is 16. The third-order valence-electron chi connectivity index (χ3n) is 13.8. The molecule has 6 aliphatic rings. The molecule has 1 aliphatic carbocycles. The van der Waals surface area contributed by atoms with Crippen LogP contribution in [0.25, 0.3) is 0 Å². The minimum Gasteiger partial charge on any atom is -0.457 e. The van der Waals surface area contributed by atoms with Gasteiger partial charge in [-0.05, 0) is 85.4 Å². The van der Waals surface area contributed by atoms with Crippen LogP contribution in [0.2, 0.25) is 0 Å². The number of aliphatic imine (C=N–C) groups is 2. The third kappa shape index (κ3) is 12.7. The SMILES string of the molecule is CON(C)C(=O)C1=CN(CCCS(=O)(=O)O)C2=N/C(=C/C=C3\CCCC(/C=C/C4=NC5C(=CC(C(=O)N(C)OC)=C[NH+]5CCCS(C)(=O)=O)C4(C)C)=C3Oc3ccc(C(=O)ON4C(=O)CCC4=O)cc3)C(C)(C)C2=C1. The van der Waals surface area contributed by atoms with Crippen molar-refractivity contribution in [2.24, 2.45) is 20.8 Å². The Balaban J connectivity index is 1.27. The summed E-state index contributed by atoms with van der Waals surface area (Å²) in [5.74, 6) is -2.05. The van der Waals surface area contributed by atoms with E-state index in [0.717, 1.165) is 38.2 Å². The van der Waals surface area contributed by atoms with Gasteiger partial charge in [0.1, 0.15) is 33.4 Å². The molecule has 2 unspecified atom stereocenters. The molecule has 0 spiro atoms. The fourth-order valence-electron chi connectivity index (χ4n) is 9.39. The van der Waals surface area contributed by atoms with Crippen LogP contribution in [0.1, 0.15) is 83.0 Å². The van der Waals surface area contributed by atoms with Crippen molar-refractivity contribution in [2.75, 3.05) is 59.2 Å². The largest absolute Gasteiger partial charge is 0.457 e. The van der Waals surface area contributed by atoms with E-state index in [1.165, 1.54) is 46.7 Å². The molecule has 1 aromatic rings. The van der Waals surface area contributed by atoms with Gasteiger partial charge in [0.2, 0.25) is 6.17 Å². The van der Waals surface area contributed by atoms with E-state index in [4.69, 9.17) is 29.2 Å². The monoisotopic (exact) mass is 1070 g/mol. The summed E-state index contributed by atoms with van der Waals surface area (Å²) in [5.41, 5.74) is 3.81. The van der Waals surface area contributed by atoms with Crippen LogP contribution in [0, 0.1) is 10.8 Å². The highest BCUT2D eigenvalue weighted by Crippen LogP contribution is 2.46. The van der Waals surface area contributed by atoms with E-state index in [-0.39, 0.29) is 48.6 Å². The second kappa shape index (κ2) is 22.3. The smallest absolute Gasteiger partial charge is 0.363 e. The van der Waals surface area contributed by atoms with Crippen molar-refractivity contribution >= 4 is 61.1 Å². The van der Waals surface area contributed by atoms with Crippen LogP contribution in [0.4, 0.5) is 0 Å². The Kier molecular flexibility index (Phi) is 16.7. The van der Waals surface area contributed by atoms with Gasteiger partial charge in [0.15, 0.2) is 0 Å². The lowest BCUT2D eigenvalue weighted by molar-refractivity contribution is -0.868. The Morgan fingerprint density at radius 3 is 2.13 bits per heavy atom. The molecule has 0 saturated carbocycles. The van der Waals surface area contributed by atoms with Gasteiger partial charge in [0.05, 0.1) is 60.4 Å². The van der Waals surface area contributed by atoms with E-state index < -0.39 is 66.4 Å². The Labute approximate surface area is 437 Å². The molecule has 23 heteroatoms. The number of nitrogens with zero attached hydrogens (tertiary/aromatic N) is 6. The number of rotatable bonds is 19. The van der Waals surface area contributed by atoms with Crippen LogP contribution in [0.5, 0.6) is 5.75 Å². The summed E-state index contributed by atoms with van der Waals surface area (Å²) in [7, 11) is -1.75. The maximum Gasteiger partial charge on any atom is 0.363 e. The van der Waals surface area contributed by atoms with E-state index in [1.54, 1.807) is 35.5 Å². The standard InChI is InChI=1S/C52H63N7O14S2/c1-51(2)39-29-36(48(62)55(5)70-7)31-57(25-11-27-74(9,65)66)46(39)53-41(51)21-17-33-13-10-14-34(45(33)72-38-19-15-35(16-20-38)50(64)73-59-43(60)23-24-44(59)61)18-22-42-52(3,4)40-30-37(49(63)56(6)71-8)32-58(47(40)54-42)26-12-28-75(67,68)69/h15-22,29-32,46H,10-14,23-28H2,1-9H3,(H,67,68,69)/p+1/b21-17+,34-18+,42-22+. The maximum absolute atomic E-state index is 13.5. The van der Waals surface area contributed by atoms with Crippen molar-refractivity contribution in [1.82, 2.24) is 20.1 Å². The predicted molar refractivity (Wildman–Crippen MR) is 276 cm³/mol. The molecule has 0 aromatic heterocycles. The number of nitrogens with one attached hydrogen (secondary N) is 1. The molecule has 1 aromatic carbocycles. The number of amides is 4. The molecule has 1 fully saturated rings. The molecule has 0 bridgehead atoms. The normalized spacial score (nSPS) is 22.4. The minimum absolute atomic E-state index is 0.0268. The van der Waals surface area contributed by atoms with Crippen molar-refractivity contribution in [3.05, 3.63) is 124 Å². The van der Waals surface area contributed by atoms with Gasteiger partial charge in [0.25, 0.3) is 33.7 Å².